The van der Waals surface area contributed by atoms with Gasteiger partial charge in [-0.25, -0.2) is 4.98 Å². The van der Waals surface area contributed by atoms with Crippen LogP contribution in [0.4, 0.5) is 0 Å². The second-order valence-corrected chi connectivity index (χ2v) is 10.3. The van der Waals surface area contributed by atoms with Gasteiger partial charge >= 0.3 is 5.97 Å². The molecule has 0 aliphatic heterocycles. The van der Waals surface area contributed by atoms with Crippen LogP contribution in [0.25, 0.3) is 0 Å². The Morgan fingerprint density at radius 1 is 1.27 bits per heavy atom. The molecule has 120 valence electrons. The molecule has 0 N–H and O–H groups in total. The predicted molar refractivity (Wildman–Crippen MR) is 92.9 cm³/mol. The summed E-state index contributed by atoms with van der Waals surface area (Å²) in [6, 6.07) is 0. The number of nitrogens with zero attached hydrogens (tertiary/aromatic N) is 3. The van der Waals surface area contributed by atoms with Crippen LogP contribution in [-0.4, -0.2) is 27.8 Å². The predicted octanol–water partition coefficient (Wildman–Crippen LogP) is 4.31. The van der Waals surface area contributed by atoms with Gasteiger partial charge in [0.05, 0.1) is 22.5 Å². The van der Waals surface area contributed by atoms with E-state index >= 15 is 0 Å². The van der Waals surface area contributed by atoms with E-state index in [9.17, 15) is 4.79 Å². The molecule has 0 radical (unpaired) electrons. The number of halogens is 1. The number of esters is 1. The summed E-state index contributed by atoms with van der Waals surface area (Å²) in [5.41, 5.74) is 1.03. The number of carbonyl (C=O) groups is 1. The number of rotatable bonds is 5. The molecule has 2 aromatic rings. The lowest BCUT2D eigenvalue weighted by molar-refractivity contribution is -0.142. The van der Waals surface area contributed by atoms with E-state index in [2.05, 4.69) is 51.9 Å². The van der Waals surface area contributed by atoms with Gasteiger partial charge in [0, 0.05) is 5.41 Å². The van der Waals surface area contributed by atoms with Crippen molar-refractivity contribution in [2.24, 2.45) is 0 Å². The summed E-state index contributed by atoms with van der Waals surface area (Å²) < 4.78 is 7.64. The van der Waals surface area contributed by atoms with Gasteiger partial charge in [-0.3, -0.25) is 4.79 Å². The molecule has 2 heterocycles. The van der Waals surface area contributed by atoms with E-state index in [4.69, 9.17) is 4.74 Å². The van der Waals surface area contributed by atoms with Gasteiger partial charge in [0.15, 0.2) is 8.68 Å². The number of ether oxygens (including phenoxy) is 1. The van der Waals surface area contributed by atoms with Crippen molar-refractivity contribution >= 4 is 56.3 Å². The van der Waals surface area contributed by atoms with Gasteiger partial charge in [-0.2, -0.15) is 0 Å². The molecule has 0 fully saturated rings. The molecule has 0 saturated carbocycles. The lowest BCUT2D eigenvalue weighted by atomic mass is 9.93. The second-order valence-electron chi connectivity index (χ2n) is 5.40. The van der Waals surface area contributed by atoms with Gasteiger partial charge in [-0.1, -0.05) is 43.4 Å². The van der Waals surface area contributed by atoms with Crippen LogP contribution in [0.1, 0.15) is 38.4 Å². The Bertz CT molecular complexity index is 664. The molecule has 0 aliphatic rings. The Balaban J connectivity index is 2.06. The van der Waals surface area contributed by atoms with E-state index in [1.807, 2.05) is 0 Å². The summed E-state index contributed by atoms with van der Waals surface area (Å²) >= 11 is 8.02. The highest BCUT2D eigenvalue weighted by molar-refractivity contribution is 9.11. The van der Waals surface area contributed by atoms with E-state index in [1.54, 1.807) is 18.3 Å². The lowest BCUT2D eigenvalue weighted by Gasteiger charge is -2.15. The first-order valence-electron chi connectivity index (χ1n) is 6.62. The van der Waals surface area contributed by atoms with Gasteiger partial charge in [-0.15, -0.1) is 10.2 Å². The largest absolute Gasteiger partial charge is 0.466 e. The van der Waals surface area contributed by atoms with Crippen molar-refractivity contribution in [2.75, 3.05) is 6.61 Å². The van der Waals surface area contributed by atoms with Crippen LogP contribution in [0, 0.1) is 0 Å². The van der Waals surface area contributed by atoms with Gasteiger partial charge < -0.3 is 4.74 Å². The van der Waals surface area contributed by atoms with Crippen LogP contribution in [-0.2, 0) is 21.4 Å². The van der Waals surface area contributed by atoms with E-state index < -0.39 is 0 Å². The first kappa shape index (κ1) is 17.8. The third-order valence-corrected chi connectivity index (χ3v) is 6.24. The van der Waals surface area contributed by atoms with Crippen LogP contribution in [0.3, 0.4) is 0 Å². The maximum absolute atomic E-state index is 11.4. The van der Waals surface area contributed by atoms with Crippen molar-refractivity contribution in [2.45, 2.75) is 48.2 Å². The number of thiazole rings is 1. The monoisotopic (exact) mass is 421 g/mol. The van der Waals surface area contributed by atoms with Gasteiger partial charge in [0.25, 0.3) is 0 Å². The minimum absolute atomic E-state index is 0.00958. The van der Waals surface area contributed by atoms with E-state index in [-0.39, 0.29) is 17.8 Å². The Morgan fingerprint density at radius 2 is 2.00 bits per heavy atom. The molecule has 2 aromatic heterocycles. The summed E-state index contributed by atoms with van der Waals surface area (Å²) in [5.74, 6) is -0.276. The fraction of sp³-hybridized carbons (Fsp3) is 0.538. The van der Waals surface area contributed by atoms with Crippen molar-refractivity contribution in [3.05, 3.63) is 14.5 Å². The summed E-state index contributed by atoms with van der Waals surface area (Å²) in [4.78, 5) is 16.1. The molecule has 5 nitrogen and oxygen atoms in total. The van der Waals surface area contributed by atoms with Crippen LogP contribution in [0.2, 0.25) is 0 Å². The Labute approximate surface area is 150 Å². The highest BCUT2D eigenvalue weighted by Crippen LogP contribution is 2.40. The van der Waals surface area contributed by atoms with E-state index in [0.29, 0.717) is 11.6 Å². The molecule has 2 rings (SSSR count). The van der Waals surface area contributed by atoms with E-state index in [1.165, 1.54) is 23.1 Å². The third kappa shape index (κ3) is 4.74. The van der Waals surface area contributed by atoms with Gasteiger partial charge in [0.2, 0.25) is 0 Å². The molecular weight excluding hydrogens is 406 g/mol. The number of carbonyl (C=O) groups excluding carboxylic acids is 1. The minimum atomic E-state index is -0.276. The summed E-state index contributed by atoms with van der Waals surface area (Å²) in [5, 5.41) is 8.79. The second kappa shape index (κ2) is 7.37. The Morgan fingerprint density at radius 3 is 2.59 bits per heavy atom. The normalized spacial score (nSPS) is 11.7. The molecule has 0 spiro atoms. The average Bonchev–Trinajstić information content (AvgIpc) is 2.96. The zero-order valence-corrected chi connectivity index (χ0v) is 16.7. The zero-order valence-electron chi connectivity index (χ0n) is 12.7. The molecule has 0 aromatic carbocycles. The molecule has 0 bridgehead atoms. The number of hydrogen-bond donors (Lipinski definition) is 0. The van der Waals surface area contributed by atoms with Crippen LogP contribution < -0.4 is 0 Å². The highest BCUT2D eigenvalue weighted by atomic mass is 79.9. The molecule has 22 heavy (non-hydrogen) atoms. The summed E-state index contributed by atoms with van der Waals surface area (Å²) in [7, 11) is 0. The lowest BCUT2D eigenvalue weighted by Crippen LogP contribution is -2.12. The molecule has 0 atom stereocenters. The topological polar surface area (TPSA) is 65.0 Å². The van der Waals surface area contributed by atoms with Crippen molar-refractivity contribution in [1.29, 1.82) is 0 Å². The maximum Gasteiger partial charge on any atom is 0.312 e. The smallest absolute Gasteiger partial charge is 0.312 e. The quantitative estimate of drug-likeness (QED) is 0.669. The first-order chi connectivity index (χ1) is 10.3. The zero-order chi connectivity index (χ0) is 16.3. The van der Waals surface area contributed by atoms with Crippen molar-refractivity contribution in [1.82, 2.24) is 15.2 Å². The summed E-state index contributed by atoms with van der Waals surface area (Å²) in [6.07, 6.45) is 0.168. The fourth-order valence-electron chi connectivity index (χ4n) is 1.55. The molecule has 0 amide bonds. The van der Waals surface area contributed by atoms with Gasteiger partial charge in [-0.05, 0) is 34.6 Å². The van der Waals surface area contributed by atoms with Crippen LogP contribution >= 0.6 is 50.4 Å². The minimum Gasteiger partial charge on any atom is -0.466 e. The molecule has 0 saturated heterocycles. The third-order valence-electron chi connectivity index (χ3n) is 2.50. The molecule has 9 heteroatoms. The first-order valence-corrected chi connectivity index (χ1v) is 9.86. The van der Waals surface area contributed by atoms with Crippen LogP contribution in [0.15, 0.2) is 12.5 Å². The highest BCUT2D eigenvalue weighted by Gasteiger charge is 2.23. The van der Waals surface area contributed by atoms with Crippen molar-refractivity contribution < 1.29 is 9.53 Å². The van der Waals surface area contributed by atoms with Gasteiger partial charge in [0.1, 0.15) is 5.01 Å². The Kier molecular flexibility index (Phi) is 5.98. The molecule has 0 unspecified atom stereocenters. The van der Waals surface area contributed by atoms with Crippen molar-refractivity contribution in [3.63, 3.8) is 0 Å². The SMILES string of the molecule is CCOC(=O)Cc1nnc(Sc2nc(C(C)(C)C)c(Br)s2)s1. The molecular formula is C13H16BrN3O2S3. The standard InChI is InChI=1S/C13H16BrN3O2S3/c1-5-19-8(18)6-7-16-17-12(20-7)22-11-15-9(10(14)21-11)13(2,3)4/h5-6H2,1-4H3. The number of aromatic nitrogens is 3. The van der Waals surface area contributed by atoms with E-state index in [0.717, 1.165) is 18.2 Å². The average molecular weight is 422 g/mol. The number of hydrogen-bond acceptors (Lipinski definition) is 8. The maximum atomic E-state index is 11.4. The molecule has 0 aliphatic carbocycles. The Hall–Kier alpha value is -0.510. The summed E-state index contributed by atoms with van der Waals surface area (Å²) in [6.45, 7) is 8.55. The van der Waals surface area contributed by atoms with Crippen molar-refractivity contribution in [3.8, 4) is 0 Å². The fourth-order valence-corrected chi connectivity index (χ4v) is 6.18. The van der Waals surface area contributed by atoms with Crippen LogP contribution in [0.5, 0.6) is 0 Å².